The molecule has 1 fully saturated rings. The zero-order valence-electron chi connectivity index (χ0n) is 16.4. The van der Waals surface area contributed by atoms with Crippen molar-refractivity contribution in [2.45, 2.75) is 43.2 Å². The number of carbonyl (C=O) groups is 1. The second kappa shape index (κ2) is 6.45. The average Bonchev–Trinajstić information content (AvgIpc) is 3.11. The van der Waals surface area contributed by atoms with Gasteiger partial charge in [0.25, 0.3) is 0 Å². The zero-order chi connectivity index (χ0) is 19.2. The van der Waals surface area contributed by atoms with Crippen LogP contribution in [0.25, 0.3) is 6.08 Å². The molecule has 27 heavy (non-hydrogen) atoms. The number of benzene rings is 2. The topological polar surface area (TPSA) is 32.3 Å². The van der Waals surface area contributed by atoms with Crippen molar-refractivity contribution in [3.05, 3.63) is 65.2 Å². The van der Waals surface area contributed by atoms with Crippen molar-refractivity contribution >= 4 is 29.4 Å². The van der Waals surface area contributed by atoms with E-state index in [-0.39, 0.29) is 11.3 Å². The van der Waals surface area contributed by atoms with E-state index in [1.165, 1.54) is 16.0 Å². The lowest BCUT2D eigenvalue weighted by Crippen LogP contribution is -2.58. The van der Waals surface area contributed by atoms with Gasteiger partial charge in [0, 0.05) is 16.0 Å². The van der Waals surface area contributed by atoms with Crippen molar-refractivity contribution in [3.8, 4) is 0 Å². The van der Waals surface area contributed by atoms with Crippen LogP contribution in [0.2, 0.25) is 0 Å². The van der Waals surface area contributed by atoms with E-state index in [9.17, 15) is 4.79 Å². The van der Waals surface area contributed by atoms with E-state index >= 15 is 0 Å². The molecule has 2 aromatic rings. The molecule has 2 aromatic carbocycles. The lowest BCUT2D eigenvalue weighted by Gasteiger charge is -2.40. The Labute approximate surface area is 165 Å². The minimum Gasteiger partial charge on any atom is -0.335 e. The van der Waals surface area contributed by atoms with E-state index in [1.807, 2.05) is 0 Å². The van der Waals surface area contributed by atoms with Crippen LogP contribution in [0.5, 0.6) is 0 Å². The normalized spacial score (nSPS) is 22.8. The van der Waals surface area contributed by atoms with Crippen LogP contribution in [0.15, 0.2) is 53.4 Å². The highest BCUT2D eigenvalue weighted by Gasteiger charge is 2.59. The summed E-state index contributed by atoms with van der Waals surface area (Å²) in [6.45, 7) is 7.05. The number of nitrogens with zero attached hydrogens (tertiary/aromatic N) is 1. The van der Waals surface area contributed by atoms with Gasteiger partial charge in [-0.2, -0.15) is 0 Å². The van der Waals surface area contributed by atoms with E-state index in [0.717, 1.165) is 17.7 Å². The molecule has 2 heterocycles. The lowest BCUT2D eigenvalue weighted by atomic mass is 9.75. The van der Waals surface area contributed by atoms with Crippen LogP contribution < -0.4 is 10.2 Å². The standard InChI is InChI=1S/C23H26N2OS/c1-5-16-8-11-20-19(14-16)22(2,3)23(24-21(26)15-25(20)23)13-12-17-6-9-18(27-4)10-7-17/h6-14H,5,15H2,1-4H3,(H,24,26)/t23-/m0/s1. The Hall–Kier alpha value is -2.20. The maximum Gasteiger partial charge on any atom is 0.241 e. The number of carbonyl (C=O) groups excluding carboxylic acids is 1. The van der Waals surface area contributed by atoms with Crippen molar-refractivity contribution < 1.29 is 4.79 Å². The quantitative estimate of drug-likeness (QED) is 0.789. The van der Waals surface area contributed by atoms with E-state index in [4.69, 9.17) is 0 Å². The summed E-state index contributed by atoms with van der Waals surface area (Å²) in [4.78, 5) is 15.9. The van der Waals surface area contributed by atoms with Crippen molar-refractivity contribution in [1.29, 1.82) is 0 Å². The number of hydrogen-bond donors (Lipinski definition) is 1. The smallest absolute Gasteiger partial charge is 0.241 e. The molecule has 4 heteroatoms. The number of aryl methyl sites for hydroxylation is 1. The zero-order valence-corrected chi connectivity index (χ0v) is 17.2. The van der Waals surface area contributed by atoms with Gasteiger partial charge in [-0.05, 0) is 53.6 Å². The molecule has 1 saturated heterocycles. The second-order valence-electron chi connectivity index (χ2n) is 7.84. The molecule has 0 radical (unpaired) electrons. The summed E-state index contributed by atoms with van der Waals surface area (Å²) in [7, 11) is 0. The van der Waals surface area contributed by atoms with Crippen LogP contribution in [0.1, 0.15) is 37.5 Å². The van der Waals surface area contributed by atoms with Gasteiger partial charge in [0.1, 0.15) is 5.66 Å². The minimum absolute atomic E-state index is 0.0793. The molecule has 3 nitrogen and oxygen atoms in total. The molecule has 2 aliphatic heterocycles. The first-order valence-electron chi connectivity index (χ1n) is 9.46. The van der Waals surface area contributed by atoms with Crippen molar-refractivity contribution in [1.82, 2.24) is 5.32 Å². The molecule has 0 aromatic heterocycles. The Morgan fingerprint density at radius 2 is 1.93 bits per heavy atom. The Kier molecular flexibility index (Phi) is 4.34. The van der Waals surface area contributed by atoms with Crippen LogP contribution in [0, 0.1) is 0 Å². The Morgan fingerprint density at radius 3 is 2.59 bits per heavy atom. The van der Waals surface area contributed by atoms with Crippen molar-refractivity contribution in [3.63, 3.8) is 0 Å². The number of hydrogen-bond acceptors (Lipinski definition) is 3. The molecular weight excluding hydrogens is 352 g/mol. The van der Waals surface area contributed by atoms with Gasteiger partial charge in [-0.15, -0.1) is 11.8 Å². The molecular formula is C23H26N2OS. The highest BCUT2D eigenvalue weighted by Crippen LogP contribution is 2.53. The fourth-order valence-corrected chi connectivity index (χ4v) is 4.78. The van der Waals surface area contributed by atoms with Gasteiger partial charge in [-0.25, -0.2) is 0 Å². The largest absolute Gasteiger partial charge is 0.335 e. The third-order valence-corrected chi connectivity index (χ3v) is 6.82. The van der Waals surface area contributed by atoms with Gasteiger partial charge in [-0.3, -0.25) is 4.79 Å². The summed E-state index contributed by atoms with van der Waals surface area (Å²) >= 11 is 1.74. The summed E-state index contributed by atoms with van der Waals surface area (Å²) in [6, 6.07) is 15.2. The number of thioether (sulfide) groups is 1. The summed E-state index contributed by atoms with van der Waals surface area (Å²) in [5.74, 6) is 0.0793. The Bertz CT molecular complexity index is 916. The molecule has 140 valence electrons. The van der Waals surface area contributed by atoms with Crippen LogP contribution in [0.3, 0.4) is 0 Å². The van der Waals surface area contributed by atoms with Gasteiger partial charge in [0.2, 0.25) is 5.91 Å². The van der Waals surface area contributed by atoms with Crippen LogP contribution in [-0.2, 0) is 16.6 Å². The van der Waals surface area contributed by atoms with Crippen molar-refractivity contribution in [2.75, 3.05) is 17.7 Å². The molecule has 0 spiro atoms. The van der Waals surface area contributed by atoms with E-state index in [2.05, 4.69) is 91.9 Å². The molecule has 1 atom stereocenters. The van der Waals surface area contributed by atoms with Gasteiger partial charge in [-0.1, -0.05) is 51.1 Å². The van der Waals surface area contributed by atoms with E-state index < -0.39 is 5.66 Å². The van der Waals surface area contributed by atoms with Gasteiger partial charge in [0.05, 0.1) is 6.54 Å². The summed E-state index contributed by atoms with van der Waals surface area (Å²) in [5, 5.41) is 3.29. The molecule has 0 bridgehead atoms. The van der Waals surface area contributed by atoms with E-state index in [1.54, 1.807) is 11.8 Å². The predicted octanol–water partition coefficient (Wildman–Crippen LogP) is 4.61. The first-order chi connectivity index (χ1) is 12.9. The first-order valence-corrected chi connectivity index (χ1v) is 10.7. The van der Waals surface area contributed by atoms with Gasteiger partial charge in [0.15, 0.2) is 0 Å². The Balaban J connectivity index is 1.78. The average molecular weight is 379 g/mol. The van der Waals surface area contributed by atoms with Crippen LogP contribution in [0.4, 0.5) is 5.69 Å². The van der Waals surface area contributed by atoms with Gasteiger partial charge >= 0.3 is 0 Å². The number of anilines is 1. The van der Waals surface area contributed by atoms with Crippen LogP contribution in [-0.4, -0.2) is 24.4 Å². The molecule has 0 saturated carbocycles. The number of amides is 1. The van der Waals surface area contributed by atoms with Crippen LogP contribution >= 0.6 is 11.8 Å². The second-order valence-corrected chi connectivity index (χ2v) is 8.72. The summed E-state index contributed by atoms with van der Waals surface area (Å²) < 4.78 is 0. The van der Waals surface area contributed by atoms with E-state index in [0.29, 0.717) is 6.54 Å². The molecule has 2 aliphatic rings. The fourth-order valence-electron chi connectivity index (χ4n) is 4.37. The third-order valence-electron chi connectivity index (χ3n) is 6.08. The SMILES string of the molecule is CCc1ccc2c(c1)C(C)(C)[C@@]1(C=Cc3ccc(SC)cc3)NC(=O)CN21. The Morgan fingerprint density at radius 1 is 1.19 bits per heavy atom. The predicted molar refractivity (Wildman–Crippen MR) is 114 cm³/mol. The monoisotopic (exact) mass is 378 g/mol. The maximum absolute atomic E-state index is 12.4. The summed E-state index contributed by atoms with van der Waals surface area (Å²) in [5.41, 5.74) is 4.19. The summed E-state index contributed by atoms with van der Waals surface area (Å²) in [6.07, 6.45) is 7.41. The number of nitrogens with one attached hydrogen (secondary N) is 1. The third kappa shape index (κ3) is 2.69. The molecule has 1 amide bonds. The number of rotatable bonds is 4. The van der Waals surface area contributed by atoms with Crippen molar-refractivity contribution in [2.24, 2.45) is 0 Å². The maximum atomic E-state index is 12.4. The highest BCUT2D eigenvalue weighted by molar-refractivity contribution is 7.98. The molecule has 1 N–H and O–H groups in total. The minimum atomic E-state index is -0.531. The highest BCUT2D eigenvalue weighted by atomic mass is 32.2. The first kappa shape index (κ1) is 18.2. The molecule has 0 unspecified atom stereocenters. The fraction of sp³-hybridized carbons (Fsp3) is 0.348. The lowest BCUT2D eigenvalue weighted by molar-refractivity contribution is -0.118. The van der Waals surface area contributed by atoms with Gasteiger partial charge < -0.3 is 10.2 Å². The molecule has 4 rings (SSSR count). The molecule has 0 aliphatic carbocycles. The number of fused-ring (bicyclic) bond motifs is 3.